The third kappa shape index (κ3) is 4.78. The lowest BCUT2D eigenvalue weighted by Crippen LogP contribution is -2.13. The lowest BCUT2D eigenvalue weighted by atomic mass is 10.1. The lowest BCUT2D eigenvalue weighted by molar-refractivity contribution is -0.145. The maximum atomic E-state index is 11.9. The Morgan fingerprint density at radius 2 is 2.15 bits per heavy atom. The topological polar surface area (TPSA) is 103 Å². The summed E-state index contributed by atoms with van der Waals surface area (Å²) < 4.78 is 5.29. The zero-order chi connectivity index (χ0) is 18.4. The first kappa shape index (κ1) is 17.8. The van der Waals surface area contributed by atoms with Crippen LogP contribution in [0.5, 0.6) is 0 Å². The Hall–Kier alpha value is -2.96. The summed E-state index contributed by atoms with van der Waals surface area (Å²) in [6.45, 7) is 2.05. The average Bonchev–Trinajstić information content (AvgIpc) is 3.13. The van der Waals surface area contributed by atoms with E-state index in [0.29, 0.717) is 18.2 Å². The second-order valence-electron chi connectivity index (χ2n) is 6.20. The first-order valence-electron chi connectivity index (χ1n) is 8.81. The molecule has 0 spiro atoms. The molecule has 1 atom stereocenters. The van der Waals surface area contributed by atoms with Crippen molar-refractivity contribution in [3.8, 4) is 0 Å². The number of nitrogen functional groups attached to an aromatic ring is 1. The van der Waals surface area contributed by atoms with Crippen LogP contribution in [-0.4, -0.2) is 20.9 Å². The molecule has 1 aromatic heterocycles. The number of ether oxygens (including phenoxy) is 1. The van der Waals surface area contributed by atoms with E-state index >= 15 is 0 Å². The monoisotopic (exact) mass is 353 g/mol. The Balaban J connectivity index is 1.63. The van der Waals surface area contributed by atoms with Gasteiger partial charge in [-0.1, -0.05) is 37.3 Å². The molecule has 136 valence electrons. The average molecular weight is 353 g/mol. The van der Waals surface area contributed by atoms with E-state index < -0.39 is 0 Å². The van der Waals surface area contributed by atoms with Crippen LogP contribution in [0, 0.1) is 5.92 Å². The fourth-order valence-corrected chi connectivity index (χ4v) is 2.91. The number of para-hydroxylation sites is 1. The van der Waals surface area contributed by atoms with Crippen molar-refractivity contribution >= 4 is 23.6 Å². The van der Waals surface area contributed by atoms with Gasteiger partial charge in [-0.25, -0.2) is 0 Å². The number of nitrogens with zero attached hydrogens (tertiary/aromatic N) is 3. The van der Waals surface area contributed by atoms with Crippen molar-refractivity contribution < 1.29 is 9.53 Å². The van der Waals surface area contributed by atoms with Gasteiger partial charge in [0.05, 0.1) is 6.42 Å². The van der Waals surface area contributed by atoms with Crippen molar-refractivity contribution in [2.75, 3.05) is 11.1 Å². The second kappa shape index (κ2) is 8.42. The van der Waals surface area contributed by atoms with E-state index in [1.165, 1.54) is 0 Å². The van der Waals surface area contributed by atoms with E-state index in [9.17, 15) is 4.79 Å². The number of anilines is 3. The molecule has 26 heavy (non-hydrogen) atoms. The van der Waals surface area contributed by atoms with Gasteiger partial charge in [0.1, 0.15) is 0 Å². The van der Waals surface area contributed by atoms with Gasteiger partial charge in [0.2, 0.25) is 11.9 Å². The SMILES string of the molecule is CCc1ccccc1Nc1nc(N)nc(COC(=O)C[C@@H]2C=CCC2)n1. The van der Waals surface area contributed by atoms with Crippen LogP contribution in [0.1, 0.15) is 37.6 Å². The molecule has 1 aliphatic carbocycles. The van der Waals surface area contributed by atoms with Crippen LogP contribution >= 0.6 is 0 Å². The smallest absolute Gasteiger partial charge is 0.306 e. The molecule has 3 N–H and O–H groups in total. The van der Waals surface area contributed by atoms with Crippen molar-refractivity contribution in [1.29, 1.82) is 0 Å². The fraction of sp³-hybridized carbons (Fsp3) is 0.368. The van der Waals surface area contributed by atoms with Crippen molar-refractivity contribution in [2.24, 2.45) is 5.92 Å². The first-order chi connectivity index (χ1) is 12.6. The Kier molecular flexibility index (Phi) is 5.78. The number of allylic oxidation sites excluding steroid dienone is 2. The Labute approximate surface area is 152 Å². The number of carbonyl (C=O) groups is 1. The third-order valence-corrected chi connectivity index (χ3v) is 4.25. The van der Waals surface area contributed by atoms with Crippen molar-refractivity contribution in [1.82, 2.24) is 15.0 Å². The van der Waals surface area contributed by atoms with Gasteiger partial charge in [0.15, 0.2) is 12.4 Å². The number of rotatable bonds is 7. The number of carbonyl (C=O) groups excluding carboxylic acids is 1. The summed E-state index contributed by atoms with van der Waals surface area (Å²) in [4.78, 5) is 24.4. The number of benzene rings is 1. The second-order valence-corrected chi connectivity index (χ2v) is 6.20. The number of hydrogen-bond acceptors (Lipinski definition) is 7. The van der Waals surface area contributed by atoms with Gasteiger partial charge in [-0.2, -0.15) is 15.0 Å². The Morgan fingerprint density at radius 3 is 2.92 bits per heavy atom. The number of aromatic nitrogens is 3. The molecular formula is C19H23N5O2. The fourth-order valence-electron chi connectivity index (χ4n) is 2.91. The summed E-state index contributed by atoms with van der Waals surface area (Å²) in [7, 11) is 0. The lowest BCUT2D eigenvalue weighted by Gasteiger charge is -2.11. The highest BCUT2D eigenvalue weighted by Gasteiger charge is 2.16. The first-order valence-corrected chi connectivity index (χ1v) is 8.81. The van der Waals surface area contributed by atoms with Gasteiger partial charge >= 0.3 is 5.97 Å². The standard InChI is InChI=1S/C19H23N5O2/c1-2-14-9-5-6-10-15(14)21-19-23-16(22-18(20)24-19)12-26-17(25)11-13-7-3-4-8-13/h3,5-7,9-10,13H,2,4,8,11-12H2,1H3,(H3,20,21,22,23,24)/t13-/m1/s1. The minimum absolute atomic E-state index is 0.0217. The molecule has 0 saturated heterocycles. The summed E-state index contributed by atoms with van der Waals surface area (Å²) in [5.74, 6) is 0.758. The van der Waals surface area contributed by atoms with Crippen LogP contribution in [-0.2, 0) is 22.6 Å². The van der Waals surface area contributed by atoms with E-state index in [-0.39, 0.29) is 24.4 Å². The van der Waals surface area contributed by atoms with Gasteiger partial charge in [0, 0.05) is 5.69 Å². The maximum absolute atomic E-state index is 11.9. The highest BCUT2D eigenvalue weighted by Crippen LogP contribution is 2.21. The number of nitrogens with two attached hydrogens (primary N) is 1. The summed E-state index contributed by atoms with van der Waals surface area (Å²) in [5, 5.41) is 3.16. The van der Waals surface area contributed by atoms with Gasteiger partial charge in [-0.3, -0.25) is 4.79 Å². The van der Waals surface area contributed by atoms with Crippen molar-refractivity contribution in [3.63, 3.8) is 0 Å². The summed E-state index contributed by atoms with van der Waals surface area (Å²) in [5.41, 5.74) is 7.83. The van der Waals surface area contributed by atoms with Gasteiger partial charge < -0.3 is 15.8 Å². The molecule has 7 heteroatoms. The molecule has 7 nitrogen and oxygen atoms in total. The van der Waals surface area contributed by atoms with Crippen molar-refractivity contribution in [2.45, 2.75) is 39.2 Å². The molecule has 0 amide bonds. The van der Waals surface area contributed by atoms with Gasteiger partial charge in [-0.15, -0.1) is 0 Å². The predicted molar refractivity (Wildman–Crippen MR) is 99.6 cm³/mol. The van der Waals surface area contributed by atoms with Crippen LogP contribution in [0.15, 0.2) is 36.4 Å². The largest absolute Gasteiger partial charge is 0.457 e. The minimum Gasteiger partial charge on any atom is -0.457 e. The quantitative estimate of drug-likeness (QED) is 0.582. The number of nitrogens with one attached hydrogen (secondary N) is 1. The van der Waals surface area contributed by atoms with Crippen molar-refractivity contribution in [3.05, 3.63) is 47.8 Å². The Bertz CT molecular complexity index is 806. The Morgan fingerprint density at radius 1 is 1.31 bits per heavy atom. The number of hydrogen-bond donors (Lipinski definition) is 2. The summed E-state index contributed by atoms with van der Waals surface area (Å²) in [6.07, 6.45) is 7.44. The molecule has 1 heterocycles. The minimum atomic E-state index is -0.258. The predicted octanol–water partition coefficient (Wildman–Crippen LogP) is 3.16. The normalized spacial score (nSPS) is 15.8. The van der Waals surface area contributed by atoms with E-state index in [1.54, 1.807) is 0 Å². The molecule has 2 aromatic rings. The zero-order valence-corrected chi connectivity index (χ0v) is 14.8. The van der Waals surface area contributed by atoms with Crippen LogP contribution in [0.25, 0.3) is 0 Å². The molecule has 0 aliphatic heterocycles. The molecule has 0 fully saturated rings. The molecule has 3 rings (SSSR count). The molecule has 1 aliphatic rings. The van der Waals surface area contributed by atoms with Gasteiger partial charge in [0.25, 0.3) is 0 Å². The molecule has 0 unspecified atom stereocenters. The summed E-state index contributed by atoms with van der Waals surface area (Å²) in [6, 6.07) is 7.91. The van der Waals surface area contributed by atoms with Crippen LogP contribution in [0.3, 0.4) is 0 Å². The molecule has 0 saturated carbocycles. The van der Waals surface area contributed by atoms with E-state index in [4.69, 9.17) is 10.5 Å². The molecule has 0 radical (unpaired) electrons. The molecule has 1 aromatic carbocycles. The third-order valence-electron chi connectivity index (χ3n) is 4.25. The number of esters is 1. The zero-order valence-electron chi connectivity index (χ0n) is 14.8. The molecular weight excluding hydrogens is 330 g/mol. The summed E-state index contributed by atoms with van der Waals surface area (Å²) >= 11 is 0. The van der Waals surface area contributed by atoms with E-state index in [0.717, 1.165) is 30.5 Å². The van der Waals surface area contributed by atoms with Crippen LogP contribution < -0.4 is 11.1 Å². The number of aryl methyl sites for hydroxylation is 1. The maximum Gasteiger partial charge on any atom is 0.306 e. The van der Waals surface area contributed by atoms with Crippen LogP contribution in [0.2, 0.25) is 0 Å². The highest BCUT2D eigenvalue weighted by molar-refractivity contribution is 5.70. The molecule has 0 bridgehead atoms. The highest BCUT2D eigenvalue weighted by atomic mass is 16.5. The van der Waals surface area contributed by atoms with E-state index in [1.807, 2.05) is 24.3 Å². The van der Waals surface area contributed by atoms with E-state index in [2.05, 4.69) is 39.3 Å². The van der Waals surface area contributed by atoms with Crippen LogP contribution in [0.4, 0.5) is 17.6 Å². The van der Waals surface area contributed by atoms with Gasteiger partial charge in [-0.05, 0) is 36.8 Å².